The molecule has 168 valence electrons. The first-order valence-corrected chi connectivity index (χ1v) is 12.7. The first kappa shape index (κ1) is 23.3. The molecule has 1 amide bonds. The van der Waals surface area contributed by atoms with Crippen molar-refractivity contribution >= 4 is 60.5 Å². The number of carbonyl (C=O) groups is 1. The average Bonchev–Trinajstić information content (AvgIpc) is 3.09. The van der Waals surface area contributed by atoms with Crippen molar-refractivity contribution < 1.29 is 17.6 Å². The van der Waals surface area contributed by atoms with Gasteiger partial charge in [0.25, 0.3) is 15.9 Å². The van der Waals surface area contributed by atoms with E-state index in [0.717, 1.165) is 26.4 Å². The summed E-state index contributed by atoms with van der Waals surface area (Å²) in [5.41, 5.74) is 3.33. The molecule has 0 spiro atoms. The fourth-order valence-electron chi connectivity index (χ4n) is 3.44. The lowest BCUT2D eigenvalue weighted by Gasteiger charge is -2.06. The van der Waals surface area contributed by atoms with Crippen molar-refractivity contribution in [1.29, 1.82) is 0 Å². The van der Waals surface area contributed by atoms with Crippen molar-refractivity contribution in [2.45, 2.75) is 13.3 Å². The van der Waals surface area contributed by atoms with Crippen molar-refractivity contribution in [2.24, 2.45) is 0 Å². The average molecular weight is 545 g/mol. The Balaban J connectivity index is 1.60. The van der Waals surface area contributed by atoms with Gasteiger partial charge in [-0.15, -0.1) is 0 Å². The van der Waals surface area contributed by atoms with E-state index < -0.39 is 15.9 Å². The molecule has 8 heteroatoms. The molecule has 0 unspecified atom stereocenters. The minimum Gasteiger partial charge on any atom is -0.461 e. The number of aryl methyl sites for hydroxylation is 1. The summed E-state index contributed by atoms with van der Waals surface area (Å²) < 4.78 is 33.6. The van der Waals surface area contributed by atoms with E-state index in [1.165, 1.54) is 12.1 Å². The van der Waals surface area contributed by atoms with Crippen molar-refractivity contribution in [3.8, 4) is 0 Å². The van der Waals surface area contributed by atoms with E-state index >= 15 is 0 Å². The van der Waals surface area contributed by atoms with E-state index in [0.29, 0.717) is 28.4 Å². The molecule has 0 aliphatic rings. The number of sulfonamides is 1. The molecule has 0 radical (unpaired) electrons. The second kappa shape index (κ2) is 9.55. The largest absolute Gasteiger partial charge is 0.461 e. The molecule has 3 aromatic carbocycles. The Bertz CT molecular complexity index is 1480. The predicted molar refractivity (Wildman–Crippen MR) is 135 cm³/mol. The first-order chi connectivity index (χ1) is 15.7. The summed E-state index contributed by atoms with van der Waals surface area (Å²) in [4.78, 5) is 12.7. The highest BCUT2D eigenvalue weighted by Gasteiger charge is 2.18. The minimum atomic E-state index is -3.97. The highest BCUT2D eigenvalue weighted by molar-refractivity contribution is 9.10. The Morgan fingerprint density at radius 2 is 1.85 bits per heavy atom. The number of furan rings is 1. The summed E-state index contributed by atoms with van der Waals surface area (Å²) in [5.74, 6) is -0.0129. The van der Waals surface area contributed by atoms with E-state index in [9.17, 15) is 13.2 Å². The Hall–Kier alpha value is -2.87. The summed E-state index contributed by atoms with van der Waals surface area (Å²) in [7, 11) is -3.97. The standard InChI is InChI=1S/C25H19BrClNO4S/c1-16-21(13-18-7-9-20(26)15-23(18)27)22-14-19(8-10-24(22)32-16)25(29)28-33(30,31)12-11-17-5-3-2-4-6-17/h2-12,14-15H,13H2,1H3,(H,28,29). The Morgan fingerprint density at radius 3 is 2.58 bits per heavy atom. The number of carbonyl (C=O) groups excluding carboxylic acids is 1. The maximum absolute atomic E-state index is 12.7. The molecule has 0 aliphatic heterocycles. The predicted octanol–water partition coefficient (Wildman–Crippen LogP) is 6.48. The van der Waals surface area contributed by atoms with Crippen LogP contribution in [0.25, 0.3) is 17.0 Å². The topological polar surface area (TPSA) is 76.4 Å². The molecule has 1 aromatic heterocycles. The van der Waals surface area contributed by atoms with Gasteiger partial charge in [-0.2, -0.15) is 0 Å². The smallest absolute Gasteiger partial charge is 0.265 e. The number of fused-ring (bicyclic) bond motifs is 1. The van der Waals surface area contributed by atoms with Crippen molar-refractivity contribution in [3.05, 3.63) is 110 Å². The van der Waals surface area contributed by atoms with Crippen LogP contribution in [0.15, 0.2) is 81.0 Å². The summed E-state index contributed by atoms with van der Waals surface area (Å²) in [6.07, 6.45) is 1.94. The molecule has 33 heavy (non-hydrogen) atoms. The van der Waals surface area contributed by atoms with Gasteiger partial charge in [-0.1, -0.05) is 63.9 Å². The number of amides is 1. The van der Waals surface area contributed by atoms with Gasteiger partial charge in [-0.25, -0.2) is 13.1 Å². The molecular formula is C25H19BrClNO4S. The third-order valence-electron chi connectivity index (χ3n) is 5.11. The van der Waals surface area contributed by atoms with Crippen LogP contribution >= 0.6 is 27.5 Å². The number of nitrogens with one attached hydrogen (secondary N) is 1. The van der Waals surface area contributed by atoms with E-state index in [1.807, 2.05) is 31.2 Å². The lowest BCUT2D eigenvalue weighted by molar-refractivity contribution is 0.0982. The molecule has 1 heterocycles. The van der Waals surface area contributed by atoms with Gasteiger partial charge in [0.1, 0.15) is 11.3 Å². The van der Waals surface area contributed by atoms with Crippen molar-refractivity contribution in [1.82, 2.24) is 4.72 Å². The number of halogens is 2. The van der Waals surface area contributed by atoms with Crippen LogP contribution in [0.4, 0.5) is 0 Å². The first-order valence-electron chi connectivity index (χ1n) is 9.98. The number of benzene rings is 3. The summed E-state index contributed by atoms with van der Waals surface area (Å²) in [6.45, 7) is 1.85. The van der Waals surface area contributed by atoms with E-state index in [2.05, 4.69) is 20.7 Å². The van der Waals surface area contributed by atoms with Crippen molar-refractivity contribution in [2.75, 3.05) is 0 Å². The molecule has 0 aliphatic carbocycles. The van der Waals surface area contributed by atoms with Gasteiger partial charge in [0.2, 0.25) is 0 Å². The monoisotopic (exact) mass is 543 g/mol. The molecule has 0 bridgehead atoms. The van der Waals surface area contributed by atoms with Gasteiger partial charge in [-0.3, -0.25) is 4.79 Å². The van der Waals surface area contributed by atoms with Crippen LogP contribution in [0, 0.1) is 6.92 Å². The molecular weight excluding hydrogens is 526 g/mol. The number of rotatable bonds is 6. The van der Waals surface area contributed by atoms with Gasteiger partial charge in [0.05, 0.1) is 5.41 Å². The van der Waals surface area contributed by atoms with Gasteiger partial charge < -0.3 is 4.42 Å². The number of hydrogen-bond acceptors (Lipinski definition) is 4. The van der Waals surface area contributed by atoms with Gasteiger partial charge >= 0.3 is 0 Å². The summed E-state index contributed by atoms with van der Waals surface area (Å²) in [5, 5.41) is 2.32. The van der Waals surface area contributed by atoms with E-state index in [-0.39, 0.29) is 5.56 Å². The van der Waals surface area contributed by atoms with Crippen LogP contribution in [-0.2, 0) is 16.4 Å². The molecule has 4 rings (SSSR count). The highest BCUT2D eigenvalue weighted by atomic mass is 79.9. The minimum absolute atomic E-state index is 0.211. The lowest BCUT2D eigenvalue weighted by Crippen LogP contribution is -2.28. The Kier molecular flexibility index (Phi) is 6.74. The molecule has 0 saturated carbocycles. The molecule has 0 atom stereocenters. The van der Waals surface area contributed by atoms with Crippen LogP contribution in [0.2, 0.25) is 5.02 Å². The zero-order valence-electron chi connectivity index (χ0n) is 17.5. The second-order valence-electron chi connectivity index (χ2n) is 7.45. The Morgan fingerprint density at radius 1 is 1.09 bits per heavy atom. The van der Waals surface area contributed by atoms with Gasteiger partial charge in [-0.05, 0) is 54.5 Å². The lowest BCUT2D eigenvalue weighted by atomic mass is 10.0. The fourth-order valence-corrected chi connectivity index (χ4v) is 4.96. The zero-order valence-corrected chi connectivity index (χ0v) is 20.7. The van der Waals surface area contributed by atoms with Crippen LogP contribution in [0.5, 0.6) is 0 Å². The van der Waals surface area contributed by atoms with Gasteiger partial charge in [0, 0.05) is 32.4 Å². The summed E-state index contributed by atoms with van der Waals surface area (Å²) >= 11 is 9.78. The van der Waals surface area contributed by atoms with E-state index in [4.69, 9.17) is 16.0 Å². The second-order valence-corrected chi connectivity index (χ2v) is 10.3. The molecule has 0 saturated heterocycles. The molecule has 5 nitrogen and oxygen atoms in total. The zero-order chi connectivity index (χ0) is 23.6. The summed E-state index contributed by atoms with van der Waals surface area (Å²) in [6, 6.07) is 19.5. The fraction of sp³-hybridized carbons (Fsp3) is 0.0800. The Labute approximate surface area is 205 Å². The maximum Gasteiger partial charge on any atom is 0.265 e. The SMILES string of the molecule is Cc1oc2ccc(C(=O)NS(=O)(=O)C=Cc3ccccc3)cc2c1Cc1ccc(Br)cc1Cl. The highest BCUT2D eigenvalue weighted by Crippen LogP contribution is 2.31. The third-order valence-corrected chi connectivity index (χ3v) is 6.92. The van der Waals surface area contributed by atoms with Crippen LogP contribution < -0.4 is 4.72 Å². The molecule has 1 N–H and O–H groups in total. The normalized spacial score (nSPS) is 11.8. The number of hydrogen-bond donors (Lipinski definition) is 1. The quantitative estimate of drug-likeness (QED) is 0.301. The van der Waals surface area contributed by atoms with E-state index in [1.54, 1.807) is 36.4 Å². The maximum atomic E-state index is 12.7. The van der Waals surface area contributed by atoms with Crippen LogP contribution in [-0.4, -0.2) is 14.3 Å². The van der Waals surface area contributed by atoms with Crippen LogP contribution in [0.3, 0.4) is 0 Å². The van der Waals surface area contributed by atoms with Gasteiger partial charge in [0.15, 0.2) is 0 Å². The third kappa shape index (κ3) is 5.55. The van der Waals surface area contributed by atoms with Crippen molar-refractivity contribution in [3.63, 3.8) is 0 Å². The molecule has 0 fully saturated rings. The van der Waals surface area contributed by atoms with Crippen LogP contribution in [0.1, 0.15) is 32.8 Å². The molecule has 4 aromatic rings.